The molecular formula is C28H33NO4S. The maximum absolute atomic E-state index is 12.4. The van der Waals surface area contributed by atoms with Gasteiger partial charge in [0.05, 0.1) is 19.3 Å². The number of carbonyl (C=O) groups excluding carboxylic acids is 2. The van der Waals surface area contributed by atoms with Crippen molar-refractivity contribution in [3.63, 3.8) is 0 Å². The topological polar surface area (TPSA) is 66.8 Å². The lowest BCUT2D eigenvalue weighted by molar-refractivity contribution is -0.128. The number of ether oxygens (including phenoxy) is 1. The summed E-state index contributed by atoms with van der Waals surface area (Å²) in [7, 11) is 1.38. The summed E-state index contributed by atoms with van der Waals surface area (Å²) in [5, 5.41) is 10.5. The summed E-state index contributed by atoms with van der Waals surface area (Å²) in [6.07, 6.45) is 7.50. The lowest BCUT2D eigenvalue weighted by Gasteiger charge is -2.23. The molecule has 1 amide bonds. The third kappa shape index (κ3) is 7.58. The number of hydrogen-bond donors (Lipinski definition) is 1. The Balaban J connectivity index is 1.44. The van der Waals surface area contributed by atoms with E-state index in [2.05, 4.69) is 24.0 Å². The average molecular weight is 480 g/mol. The van der Waals surface area contributed by atoms with Gasteiger partial charge in [0, 0.05) is 30.7 Å². The molecule has 0 spiro atoms. The number of benzene rings is 1. The number of aliphatic hydroxyl groups is 1. The van der Waals surface area contributed by atoms with E-state index in [0.717, 1.165) is 24.1 Å². The molecule has 3 rings (SSSR count). The predicted molar refractivity (Wildman–Crippen MR) is 136 cm³/mol. The molecule has 3 atom stereocenters. The Morgan fingerprint density at radius 2 is 2.06 bits per heavy atom. The smallest absolute Gasteiger partial charge is 0.348 e. The van der Waals surface area contributed by atoms with Gasteiger partial charge in [0.15, 0.2) is 0 Å². The van der Waals surface area contributed by atoms with Crippen LogP contribution in [0.25, 0.3) is 0 Å². The van der Waals surface area contributed by atoms with E-state index in [1.54, 1.807) is 6.07 Å². The number of esters is 1. The predicted octanol–water partition coefficient (Wildman–Crippen LogP) is 4.65. The average Bonchev–Trinajstić information content (AvgIpc) is 3.47. The number of likely N-dealkylation sites (tertiary alicyclic amines) is 1. The second kappa shape index (κ2) is 13.1. The minimum absolute atomic E-state index is 0.0208. The third-order valence-corrected chi connectivity index (χ3v) is 7.17. The van der Waals surface area contributed by atoms with Crippen LogP contribution in [-0.2, 0) is 22.4 Å². The zero-order valence-electron chi connectivity index (χ0n) is 19.9. The number of carbonyl (C=O) groups is 2. The molecule has 1 aliphatic heterocycles. The van der Waals surface area contributed by atoms with Gasteiger partial charge in [-0.2, -0.15) is 0 Å². The Hall–Kier alpha value is -2.88. The third-order valence-electron chi connectivity index (χ3n) is 6.04. The lowest BCUT2D eigenvalue weighted by Crippen LogP contribution is -2.33. The van der Waals surface area contributed by atoms with Crippen LogP contribution < -0.4 is 0 Å². The first kappa shape index (κ1) is 25.7. The van der Waals surface area contributed by atoms with Gasteiger partial charge in [-0.1, -0.05) is 55.3 Å². The lowest BCUT2D eigenvalue weighted by atomic mass is 9.99. The van der Waals surface area contributed by atoms with Crippen molar-refractivity contribution in [2.24, 2.45) is 5.92 Å². The molecule has 0 radical (unpaired) electrons. The van der Waals surface area contributed by atoms with Gasteiger partial charge >= 0.3 is 5.97 Å². The number of methoxy groups -OCH3 is 1. The molecule has 1 aromatic carbocycles. The fourth-order valence-corrected chi connectivity index (χ4v) is 4.91. The van der Waals surface area contributed by atoms with Crippen molar-refractivity contribution in [2.75, 3.05) is 13.7 Å². The van der Waals surface area contributed by atoms with E-state index in [-0.39, 0.29) is 23.8 Å². The number of hydrogen-bond acceptors (Lipinski definition) is 5. The molecule has 34 heavy (non-hydrogen) atoms. The summed E-state index contributed by atoms with van der Waals surface area (Å²) in [5.74, 6) is 6.23. The van der Waals surface area contributed by atoms with E-state index in [4.69, 9.17) is 4.74 Å². The van der Waals surface area contributed by atoms with E-state index in [0.29, 0.717) is 30.7 Å². The maximum atomic E-state index is 12.4. The van der Waals surface area contributed by atoms with Gasteiger partial charge in [0.2, 0.25) is 5.91 Å². The van der Waals surface area contributed by atoms with Crippen LogP contribution in [0, 0.1) is 17.8 Å². The van der Waals surface area contributed by atoms with Gasteiger partial charge in [-0.05, 0) is 42.9 Å². The molecule has 180 valence electrons. The van der Waals surface area contributed by atoms with Gasteiger partial charge < -0.3 is 14.7 Å². The second-order valence-electron chi connectivity index (χ2n) is 8.63. The van der Waals surface area contributed by atoms with E-state index in [1.165, 1.54) is 24.0 Å². The van der Waals surface area contributed by atoms with Gasteiger partial charge in [-0.15, -0.1) is 17.3 Å². The van der Waals surface area contributed by atoms with Gasteiger partial charge in [-0.25, -0.2) is 4.79 Å². The van der Waals surface area contributed by atoms with Crippen molar-refractivity contribution < 1.29 is 19.4 Å². The number of nitrogens with zero attached hydrogens (tertiary/aromatic N) is 1. The number of thiophene rings is 1. The van der Waals surface area contributed by atoms with Crippen LogP contribution in [0.2, 0.25) is 0 Å². The Labute approximate surface area is 206 Å². The highest BCUT2D eigenvalue weighted by Crippen LogP contribution is 2.23. The van der Waals surface area contributed by atoms with Crippen molar-refractivity contribution in [3.8, 4) is 11.8 Å². The van der Waals surface area contributed by atoms with Crippen LogP contribution in [0.4, 0.5) is 0 Å². The quantitative estimate of drug-likeness (QED) is 0.306. The molecule has 0 saturated carbocycles. The van der Waals surface area contributed by atoms with Crippen molar-refractivity contribution in [1.29, 1.82) is 0 Å². The number of rotatable bonds is 10. The summed E-state index contributed by atoms with van der Waals surface area (Å²) in [6.45, 7) is 2.66. The van der Waals surface area contributed by atoms with E-state index in [1.807, 2.05) is 48.2 Å². The van der Waals surface area contributed by atoms with Crippen LogP contribution in [0.3, 0.4) is 0 Å². The molecule has 2 heterocycles. The Morgan fingerprint density at radius 1 is 1.26 bits per heavy atom. The highest BCUT2D eigenvalue weighted by molar-refractivity contribution is 7.13. The fourth-order valence-electron chi connectivity index (χ4n) is 3.94. The standard InChI is InChI=1S/C28H33NO4S/c1-21(9-6-7-12-22-10-4-3-5-11-22)25(30)17-14-23-15-19-27(31)29(23)20-8-13-24-16-18-26(34-24)28(32)33-2/h3-5,10-11,14,16-18,21,23,25,30H,8-9,12-13,15,19-20H2,1-2H3/t21-,23+,25+/m1/s1. The molecule has 5 nitrogen and oxygen atoms in total. The summed E-state index contributed by atoms with van der Waals surface area (Å²) < 4.78 is 4.76. The molecule has 1 N–H and O–H groups in total. The number of aliphatic hydroxyl groups excluding tert-OH is 1. The first-order valence-electron chi connectivity index (χ1n) is 11.8. The van der Waals surface area contributed by atoms with E-state index < -0.39 is 6.10 Å². The zero-order chi connectivity index (χ0) is 24.3. The van der Waals surface area contributed by atoms with Gasteiger partial charge in [0.1, 0.15) is 4.88 Å². The van der Waals surface area contributed by atoms with Crippen molar-refractivity contribution in [2.45, 2.75) is 57.6 Å². The molecule has 6 heteroatoms. The SMILES string of the molecule is COC(=O)c1ccc(CCCN2C(=O)CC[C@@H]2C=C[C@H](O)[C@H](C)CC#CCc2ccccc2)s1. The minimum atomic E-state index is -0.591. The maximum Gasteiger partial charge on any atom is 0.348 e. The second-order valence-corrected chi connectivity index (χ2v) is 9.80. The summed E-state index contributed by atoms with van der Waals surface area (Å²) >= 11 is 1.44. The molecule has 1 fully saturated rings. The molecular weight excluding hydrogens is 446 g/mol. The van der Waals surface area contributed by atoms with Gasteiger partial charge in [-0.3, -0.25) is 4.79 Å². The van der Waals surface area contributed by atoms with Crippen LogP contribution in [-0.4, -0.2) is 47.7 Å². The first-order valence-corrected chi connectivity index (χ1v) is 12.6. The Bertz CT molecular complexity index is 1030. The highest BCUT2D eigenvalue weighted by Gasteiger charge is 2.28. The van der Waals surface area contributed by atoms with Crippen LogP contribution in [0.5, 0.6) is 0 Å². The van der Waals surface area contributed by atoms with Crippen molar-refractivity contribution in [3.05, 3.63) is 69.9 Å². The largest absolute Gasteiger partial charge is 0.465 e. The number of amides is 1. The molecule has 0 bridgehead atoms. The molecule has 0 aliphatic carbocycles. The van der Waals surface area contributed by atoms with Crippen LogP contribution in [0.15, 0.2) is 54.6 Å². The monoisotopic (exact) mass is 479 g/mol. The van der Waals surface area contributed by atoms with E-state index >= 15 is 0 Å². The zero-order valence-corrected chi connectivity index (χ0v) is 20.7. The summed E-state index contributed by atoms with van der Waals surface area (Å²) in [6, 6.07) is 13.9. The number of aryl methyl sites for hydroxylation is 1. The Morgan fingerprint density at radius 3 is 2.82 bits per heavy atom. The molecule has 1 saturated heterocycles. The molecule has 2 aromatic rings. The first-order chi connectivity index (χ1) is 16.5. The Kier molecular flexibility index (Phi) is 9.93. The molecule has 1 aromatic heterocycles. The van der Waals surface area contributed by atoms with Gasteiger partial charge in [0.25, 0.3) is 0 Å². The van der Waals surface area contributed by atoms with Crippen molar-refractivity contribution >= 4 is 23.2 Å². The summed E-state index contributed by atoms with van der Waals surface area (Å²) in [4.78, 5) is 27.6. The highest BCUT2D eigenvalue weighted by atomic mass is 32.1. The summed E-state index contributed by atoms with van der Waals surface area (Å²) in [5.41, 5.74) is 1.19. The molecule has 0 unspecified atom stereocenters. The van der Waals surface area contributed by atoms with E-state index in [9.17, 15) is 14.7 Å². The van der Waals surface area contributed by atoms with Crippen LogP contribution in [0.1, 0.15) is 52.7 Å². The van der Waals surface area contributed by atoms with Crippen LogP contribution >= 0.6 is 11.3 Å². The minimum Gasteiger partial charge on any atom is -0.465 e. The van der Waals surface area contributed by atoms with Crippen molar-refractivity contribution in [1.82, 2.24) is 4.90 Å². The fraction of sp³-hybridized carbons (Fsp3) is 0.429. The normalized spacial score (nSPS) is 17.4. The molecule has 1 aliphatic rings.